The molecule has 1 aliphatic heterocycles. The van der Waals surface area contributed by atoms with Crippen LogP contribution in [0.2, 0.25) is 0 Å². The highest BCUT2D eigenvalue weighted by molar-refractivity contribution is 7.99. The van der Waals surface area contributed by atoms with Crippen LogP contribution in [-0.4, -0.2) is 45.8 Å². The number of hydrogen-bond donors (Lipinski definition) is 4. The van der Waals surface area contributed by atoms with Gasteiger partial charge < -0.3 is 25.4 Å². The zero-order chi connectivity index (χ0) is 16.7. The highest BCUT2D eigenvalue weighted by Crippen LogP contribution is 2.29. The summed E-state index contributed by atoms with van der Waals surface area (Å²) in [5.74, 6) is 1.98. The number of carbonyl (C=O) groups is 1. The predicted molar refractivity (Wildman–Crippen MR) is 88.7 cm³/mol. The summed E-state index contributed by atoms with van der Waals surface area (Å²) in [6, 6.07) is 7.21. The van der Waals surface area contributed by atoms with Gasteiger partial charge in [-0.1, -0.05) is 12.1 Å². The first-order chi connectivity index (χ1) is 11.0. The van der Waals surface area contributed by atoms with E-state index in [1.807, 2.05) is 12.1 Å². The van der Waals surface area contributed by atoms with Crippen LogP contribution in [0.5, 0.6) is 5.75 Å². The van der Waals surface area contributed by atoms with Crippen LogP contribution >= 0.6 is 11.8 Å². The van der Waals surface area contributed by atoms with Crippen LogP contribution < -0.4 is 10.1 Å². The van der Waals surface area contributed by atoms with E-state index >= 15 is 0 Å². The van der Waals surface area contributed by atoms with Crippen LogP contribution in [0.3, 0.4) is 0 Å². The van der Waals surface area contributed by atoms with Gasteiger partial charge in [0.1, 0.15) is 5.75 Å². The lowest BCUT2D eigenvalue weighted by Crippen LogP contribution is -2.23. The fourth-order valence-electron chi connectivity index (χ4n) is 2.50. The van der Waals surface area contributed by atoms with Crippen LogP contribution in [0.25, 0.3) is 0 Å². The normalized spacial score (nSPS) is 22.3. The van der Waals surface area contributed by atoms with Gasteiger partial charge in [-0.15, -0.1) is 11.8 Å². The molecule has 128 valence electrons. The standard InChI is InChI=1S/C16H23NO5S/c18-14(4-6-17-16(20)21)12-2-1-3-13(9-12)22-10-11-5-7-23-15(19)8-11/h1-3,9,11,14-15,17-19H,4-8,10H2,(H,20,21). The average Bonchev–Trinajstić information content (AvgIpc) is 2.53. The summed E-state index contributed by atoms with van der Waals surface area (Å²) in [5, 5.41) is 30.5. The number of aliphatic hydroxyl groups excluding tert-OH is 2. The van der Waals surface area contributed by atoms with Gasteiger partial charge in [-0.2, -0.15) is 0 Å². The Labute approximate surface area is 139 Å². The van der Waals surface area contributed by atoms with Gasteiger partial charge in [0.25, 0.3) is 0 Å². The molecule has 0 spiro atoms. The van der Waals surface area contributed by atoms with Gasteiger partial charge in [0.2, 0.25) is 0 Å². The minimum Gasteiger partial charge on any atom is -0.493 e. The fourth-order valence-corrected chi connectivity index (χ4v) is 3.65. The molecule has 0 bridgehead atoms. The molecule has 1 amide bonds. The number of thioether (sulfide) groups is 1. The van der Waals surface area contributed by atoms with Gasteiger partial charge in [0.15, 0.2) is 0 Å². The van der Waals surface area contributed by atoms with Crippen LogP contribution in [0, 0.1) is 5.92 Å². The van der Waals surface area contributed by atoms with Crippen molar-refractivity contribution in [3.05, 3.63) is 29.8 Å². The Bertz CT molecular complexity index is 513. The molecule has 1 aliphatic rings. The molecule has 1 aromatic rings. The first-order valence-electron chi connectivity index (χ1n) is 7.72. The monoisotopic (exact) mass is 341 g/mol. The van der Waals surface area contributed by atoms with Crippen molar-refractivity contribution >= 4 is 17.9 Å². The van der Waals surface area contributed by atoms with Gasteiger partial charge in [-0.3, -0.25) is 0 Å². The number of hydrogen-bond acceptors (Lipinski definition) is 5. The van der Waals surface area contributed by atoms with Crippen LogP contribution in [-0.2, 0) is 0 Å². The van der Waals surface area contributed by atoms with E-state index in [0.717, 1.165) is 18.6 Å². The third-order valence-electron chi connectivity index (χ3n) is 3.79. The Morgan fingerprint density at radius 3 is 3.04 bits per heavy atom. The maximum atomic E-state index is 10.4. The van der Waals surface area contributed by atoms with Crippen molar-refractivity contribution in [2.75, 3.05) is 18.9 Å². The second-order valence-electron chi connectivity index (χ2n) is 5.64. The van der Waals surface area contributed by atoms with Crippen LogP contribution in [0.4, 0.5) is 4.79 Å². The van der Waals surface area contributed by atoms with E-state index in [9.17, 15) is 15.0 Å². The van der Waals surface area contributed by atoms with Crippen molar-refractivity contribution in [2.24, 2.45) is 5.92 Å². The lowest BCUT2D eigenvalue weighted by atomic mass is 10.0. The lowest BCUT2D eigenvalue weighted by Gasteiger charge is -2.25. The third kappa shape index (κ3) is 6.29. The Morgan fingerprint density at radius 2 is 2.30 bits per heavy atom. The van der Waals surface area contributed by atoms with Crippen LogP contribution in [0.15, 0.2) is 24.3 Å². The average molecular weight is 341 g/mol. The molecule has 1 fully saturated rings. The summed E-state index contributed by atoms with van der Waals surface area (Å²) in [5.41, 5.74) is 0.404. The number of aliphatic hydroxyl groups is 2. The second kappa shape index (κ2) is 9.00. The largest absolute Gasteiger partial charge is 0.493 e. The molecular weight excluding hydrogens is 318 g/mol. The van der Waals surface area contributed by atoms with E-state index < -0.39 is 12.2 Å². The molecule has 1 aromatic carbocycles. The maximum Gasteiger partial charge on any atom is 0.404 e. The van der Waals surface area contributed by atoms with E-state index in [1.165, 1.54) is 0 Å². The van der Waals surface area contributed by atoms with Gasteiger partial charge in [-0.25, -0.2) is 4.79 Å². The van der Waals surface area contributed by atoms with Crippen LogP contribution in [0.1, 0.15) is 30.9 Å². The van der Waals surface area contributed by atoms with E-state index in [4.69, 9.17) is 9.84 Å². The molecule has 0 aliphatic carbocycles. The number of ether oxygens (including phenoxy) is 1. The molecule has 2 rings (SSSR count). The van der Waals surface area contributed by atoms with Crippen molar-refractivity contribution in [1.82, 2.24) is 5.32 Å². The highest BCUT2D eigenvalue weighted by Gasteiger charge is 2.21. The van der Waals surface area contributed by atoms with Gasteiger partial charge in [-0.05, 0) is 48.6 Å². The Hall–Kier alpha value is -1.44. The second-order valence-corrected chi connectivity index (χ2v) is 6.92. The molecule has 0 aromatic heterocycles. The summed E-state index contributed by atoms with van der Waals surface area (Å²) in [6.07, 6.45) is 0.251. The van der Waals surface area contributed by atoms with Crippen molar-refractivity contribution in [1.29, 1.82) is 0 Å². The molecule has 4 N–H and O–H groups in total. The van der Waals surface area contributed by atoms with Crippen molar-refractivity contribution in [3.8, 4) is 5.75 Å². The lowest BCUT2D eigenvalue weighted by molar-refractivity contribution is 0.160. The first kappa shape index (κ1) is 17.9. The molecule has 23 heavy (non-hydrogen) atoms. The molecule has 3 atom stereocenters. The SMILES string of the molecule is O=C(O)NCCC(O)c1cccc(OCC2CCSC(O)C2)c1. The highest BCUT2D eigenvalue weighted by atomic mass is 32.2. The van der Waals surface area contributed by atoms with E-state index in [2.05, 4.69) is 5.32 Å². The summed E-state index contributed by atoms with van der Waals surface area (Å²) in [7, 11) is 0. The molecule has 1 heterocycles. The molecule has 0 radical (unpaired) electrons. The minimum atomic E-state index is -1.10. The Kier molecular flexibility index (Phi) is 7.01. The smallest absolute Gasteiger partial charge is 0.404 e. The number of benzene rings is 1. The number of nitrogens with one attached hydrogen (secondary N) is 1. The molecule has 6 nitrogen and oxygen atoms in total. The maximum absolute atomic E-state index is 10.4. The fraction of sp³-hybridized carbons (Fsp3) is 0.562. The van der Waals surface area contributed by atoms with Gasteiger partial charge in [0, 0.05) is 6.54 Å². The van der Waals surface area contributed by atoms with Crippen molar-refractivity contribution in [3.63, 3.8) is 0 Å². The topological polar surface area (TPSA) is 99.0 Å². The van der Waals surface area contributed by atoms with Gasteiger partial charge >= 0.3 is 6.09 Å². The third-order valence-corrected chi connectivity index (χ3v) is 4.84. The number of rotatable bonds is 7. The molecule has 0 saturated carbocycles. The number of amides is 1. The summed E-state index contributed by atoms with van der Waals surface area (Å²) < 4.78 is 5.79. The van der Waals surface area contributed by atoms with Crippen molar-refractivity contribution < 1.29 is 24.9 Å². The van der Waals surface area contributed by atoms with E-state index in [1.54, 1.807) is 23.9 Å². The molecule has 7 heteroatoms. The minimum absolute atomic E-state index is 0.194. The molecule has 3 unspecified atom stereocenters. The zero-order valence-electron chi connectivity index (χ0n) is 12.9. The predicted octanol–water partition coefficient (Wildman–Crippen LogP) is 2.22. The first-order valence-corrected chi connectivity index (χ1v) is 8.76. The van der Waals surface area contributed by atoms with Crippen molar-refractivity contribution in [2.45, 2.75) is 30.8 Å². The van der Waals surface area contributed by atoms with E-state index in [0.29, 0.717) is 30.3 Å². The van der Waals surface area contributed by atoms with Gasteiger partial charge in [0.05, 0.1) is 18.1 Å². The molecule has 1 saturated heterocycles. The summed E-state index contributed by atoms with van der Waals surface area (Å²) in [6.45, 7) is 0.747. The Balaban J connectivity index is 1.82. The number of carboxylic acid groups (broad SMARTS) is 1. The quantitative estimate of drug-likeness (QED) is 0.607. The summed E-state index contributed by atoms with van der Waals surface area (Å²) in [4.78, 5) is 10.4. The Morgan fingerprint density at radius 1 is 1.48 bits per heavy atom. The van der Waals surface area contributed by atoms with E-state index in [-0.39, 0.29) is 12.0 Å². The molecular formula is C16H23NO5S. The zero-order valence-corrected chi connectivity index (χ0v) is 13.7. The summed E-state index contributed by atoms with van der Waals surface area (Å²) >= 11 is 1.58.